The van der Waals surface area contributed by atoms with Crippen LogP contribution < -0.4 is 4.72 Å². The molecule has 3 aromatic rings. The summed E-state index contributed by atoms with van der Waals surface area (Å²) in [5.74, 6) is -1.82. The SMILES string of the molecule is O=C(O)c1cccc(CCc2ccccc2NS(=O)(=O)c2ccccc2F)c1. The highest BCUT2D eigenvalue weighted by atomic mass is 32.2. The van der Waals surface area contributed by atoms with Crippen molar-refractivity contribution in [2.45, 2.75) is 17.7 Å². The molecule has 0 saturated carbocycles. The van der Waals surface area contributed by atoms with Crippen molar-refractivity contribution in [3.63, 3.8) is 0 Å². The summed E-state index contributed by atoms with van der Waals surface area (Å²) in [5, 5.41) is 9.09. The summed E-state index contributed by atoms with van der Waals surface area (Å²) in [4.78, 5) is 10.7. The van der Waals surface area contributed by atoms with Crippen LogP contribution in [0, 0.1) is 5.82 Å². The summed E-state index contributed by atoms with van der Waals surface area (Å²) in [6, 6.07) is 18.6. The van der Waals surface area contributed by atoms with Gasteiger partial charge in [-0.05, 0) is 54.3 Å². The molecule has 28 heavy (non-hydrogen) atoms. The third-order valence-electron chi connectivity index (χ3n) is 4.24. The van der Waals surface area contributed by atoms with E-state index in [2.05, 4.69) is 4.72 Å². The number of sulfonamides is 1. The van der Waals surface area contributed by atoms with Crippen molar-refractivity contribution in [1.29, 1.82) is 0 Å². The van der Waals surface area contributed by atoms with E-state index < -0.39 is 26.7 Å². The van der Waals surface area contributed by atoms with E-state index in [0.717, 1.165) is 17.2 Å². The zero-order chi connectivity index (χ0) is 20.1. The average Bonchev–Trinajstić information content (AvgIpc) is 2.67. The van der Waals surface area contributed by atoms with Crippen LogP contribution in [-0.4, -0.2) is 19.5 Å². The molecule has 0 heterocycles. The van der Waals surface area contributed by atoms with Gasteiger partial charge in [0, 0.05) is 0 Å². The molecule has 144 valence electrons. The van der Waals surface area contributed by atoms with Gasteiger partial charge >= 0.3 is 5.97 Å². The third-order valence-corrected chi connectivity index (χ3v) is 5.64. The monoisotopic (exact) mass is 399 g/mol. The van der Waals surface area contributed by atoms with Gasteiger partial charge in [-0.25, -0.2) is 17.6 Å². The summed E-state index contributed by atoms with van der Waals surface area (Å²) in [5.41, 5.74) is 2.11. The normalized spacial score (nSPS) is 11.2. The first-order valence-electron chi connectivity index (χ1n) is 8.54. The van der Waals surface area contributed by atoms with Crippen LogP contribution >= 0.6 is 0 Å². The number of rotatable bonds is 7. The molecule has 0 aliphatic heterocycles. The topological polar surface area (TPSA) is 83.5 Å². The number of carbonyl (C=O) groups is 1. The smallest absolute Gasteiger partial charge is 0.335 e. The molecule has 0 amide bonds. The van der Waals surface area contributed by atoms with Gasteiger partial charge in [-0.3, -0.25) is 4.72 Å². The molecule has 0 bridgehead atoms. The zero-order valence-corrected chi connectivity index (χ0v) is 15.6. The molecule has 3 aromatic carbocycles. The van der Waals surface area contributed by atoms with Crippen molar-refractivity contribution < 1.29 is 22.7 Å². The Balaban J connectivity index is 1.81. The van der Waals surface area contributed by atoms with E-state index in [-0.39, 0.29) is 5.56 Å². The molecule has 0 spiro atoms. The molecule has 0 unspecified atom stereocenters. The number of anilines is 1. The molecule has 0 atom stereocenters. The van der Waals surface area contributed by atoms with Crippen molar-refractivity contribution in [1.82, 2.24) is 0 Å². The second kappa shape index (κ2) is 8.22. The van der Waals surface area contributed by atoms with Crippen molar-refractivity contribution in [3.8, 4) is 0 Å². The number of para-hydroxylation sites is 1. The van der Waals surface area contributed by atoms with Crippen molar-refractivity contribution in [3.05, 3.63) is 95.3 Å². The second-order valence-electron chi connectivity index (χ2n) is 6.20. The Morgan fingerprint density at radius 2 is 1.64 bits per heavy atom. The number of hydrogen-bond donors (Lipinski definition) is 2. The maximum Gasteiger partial charge on any atom is 0.335 e. The van der Waals surface area contributed by atoms with Gasteiger partial charge in [-0.1, -0.05) is 42.5 Å². The maximum atomic E-state index is 13.9. The Labute approximate surface area is 162 Å². The number of halogens is 1. The van der Waals surface area contributed by atoms with Gasteiger partial charge in [-0.15, -0.1) is 0 Å². The number of hydrogen-bond acceptors (Lipinski definition) is 3. The minimum atomic E-state index is -4.07. The zero-order valence-electron chi connectivity index (χ0n) is 14.8. The van der Waals surface area contributed by atoms with Crippen LogP contribution in [0.4, 0.5) is 10.1 Å². The van der Waals surface area contributed by atoms with E-state index in [9.17, 15) is 17.6 Å². The maximum absolute atomic E-state index is 13.9. The number of nitrogens with one attached hydrogen (secondary N) is 1. The van der Waals surface area contributed by atoms with E-state index in [0.29, 0.717) is 18.5 Å². The Morgan fingerprint density at radius 3 is 2.39 bits per heavy atom. The van der Waals surface area contributed by atoms with Gasteiger partial charge < -0.3 is 5.11 Å². The molecule has 0 fully saturated rings. The van der Waals surface area contributed by atoms with Crippen LogP contribution in [0.3, 0.4) is 0 Å². The number of benzene rings is 3. The molecular weight excluding hydrogens is 381 g/mol. The lowest BCUT2D eigenvalue weighted by molar-refractivity contribution is 0.0696. The summed E-state index contributed by atoms with van der Waals surface area (Å²) in [6.45, 7) is 0. The predicted molar refractivity (Wildman–Crippen MR) is 104 cm³/mol. The largest absolute Gasteiger partial charge is 0.478 e. The lowest BCUT2D eigenvalue weighted by Gasteiger charge is -2.13. The van der Waals surface area contributed by atoms with E-state index in [1.54, 1.807) is 36.4 Å². The fourth-order valence-corrected chi connectivity index (χ4v) is 4.02. The average molecular weight is 399 g/mol. The summed E-state index contributed by atoms with van der Waals surface area (Å²) < 4.78 is 41.4. The standard InChI is InChI=1S/C21H18FNO4S/c22-18-9-2-4-11-20(18)28(26,27)23-19-10-3-1-7-16(19)13-12-15-6-5-8-17(14-15)21(24)25/h1-11,14,23H,12-13H2,(H,24,25). The molecule has 0 radical (unpaired) electrons. The van der Waals surface area contributed by atoms with E-state index in [1.807, 2.05) is 6.07 Å². The highest BCUT2D eigenvalue weighted by Gasteiger charge is 2.19. The highest BCUT2D eigenvalue weighted by molar-refractivity contribution is 7.92. The van der Waals surface area contributed by atoms with E-state index in [1.165, 1.54) is 24.3 Å². The lowest BCUT2D eigenvalue weighted by Crippen LogP contribution is -2.15. The van der Waals surface area contributed by atoms with Crippen molar-refractivity contribution in [2.24, 2.45) is 0 Å². The minimum absolute atomic E-state index is 0.200. The predicted octanol–water partition coefficient (Wildman–Crippen LogP) is 4.11. The van der Waals surface area contributed by atoms with Gasteiger partial charge in [0.15, 0.2) is 0 Å². The first kappa shape index (κ1) is 19.6. The van der Waals surface area contributed by atoms with Gasteiger partial charge in [0.25, 0.3) is 10.0 Å². The molecule has 7 heteroatoms. The third kappa shape index (κ3) is 4.55. The van der Waals surface area contributed by atoms with Crippen LogP contribution in [-0.2, 0) is 22.9 Å². The Morgan fingerprint density at radius 1 is 0.929 bits per heavy atom. The molecule has 2 N–H and O–H groups in total. The number of carboxylic acids is 1. The van der Waals surface area contributed by atoms with Crippen molar-refractivity contribution >= 4 is 21.7 Å². The van der Waals surface area contributed by atoms with Gasteiger partial charge in [-0.2, -0.15) is 0 Å². The van der Waals surface area contributed by atoms with Gasteiger partial charge in [0.2, 0.25) is 0 Å². The first-order chi connectivity index (χ1) is 13.4. The fraction of sp³-hybridized carbons (Fsp3) is 0.0952. The molecule has 0 saturated heterocycles. The Hall–Kier alpha value is -3.19. The Kier molecular flexibility index (Phi) is 5.75. The van der Waals surface area contributed by atoms with E-state index in [4.69, 9.17) is 5.11 Å². The van der Waals surface area contributed by atoms with Crippen LogP contribution in [0.25, 0.3) is 0 Å². The van der Waals surface area contributed by atoms with Crippen molar-refractivity contribution in [2.75, 3.05) is 4.72 Å². The Bertz CT molecular complexity index is 1110. The van der Waals surface area contributed by atoms with E-state index >= 15 is 0 Å². The highest BCUT2D eigenvalue weighted by Crippen LogP contribution is 2.23. The summed E-state index contributed by atoms with van der Waals surface area (Å²) in [7, 11) is -4.07. The molecule has 3 rings (SSSR count). The first-order valence-corrected chi connectivity index (χ1v) is 10.0. The second-order valence-corrected chi connectivity index (χ2v) is 7.85. The molecule has 0 aliphatic carbocycles. The summed E-state index contributed by atoms with van der Waals surface area (Å²) in [6.07, 6.45) is 1.01. The molecule has 5 nitrogen and oxygen atoms in total. The number of carboxylic acid groups (broad SMARTS) is 1. The van der Waals surface area contributed by atoms with Crippen LogP contribution in [0.5, 0.6) is 0 Å². The van der Waals surface area contributed by atoms with Crippen LogP contribution in [0.1, 0.15) is 21.5 Å². The lowest BCUT2D eigenvalue weighted by atomic mass is 10.0. The minimum Gasteiger partial charge on any atom is -0.478 e. The molecular formula is C21H18FNO4S. The number of aromatic carboxylic acids is 1. The molecule has 0 aromatic heterocycles. The quantitative estimate of drug-likeness (QED) is 0.626. The summed E-state index contributed by atoms with van der Waals surface area (Å²) >= 11 is 0. The van der Waals surface area contributed by atoms with Crippen LogP contribution in [0.2, 0.25) is 0 Å². The fourth-order valence-electron chi connectivity index (χ4n) is 2.84. The van der Waals surface area contributed by atoms with Crippen LogP contribution in [0.15, 0.2) is 77.7 Å². The molecule has 0 aliphatic rings. The van der Waals surface area contributed by atoms with Gasteiger partial charge in [0.05, 0.1) is 11.3 Å². The van der Waals surface area contributed by atoms with Gasteiger partial charge in [0.1, 0.15) is 10.7 Å². The number of aryl methyl sites for hydroxylation is 2.